The Morgan fingerprint density at radius 2 is 1.56 bits per heavy atom. The summed E-state index contributed by atoms with van der Waals surface area (Å²) in [4.78, 5) is 12.0. The maximum Gasteiger partial charge on any atom is 0.217 e. The number of carbonyl (C=O) groups excluding carboxylic acids is 1. The number of allylic oxidation sites excluding steroid dienone is 1. The van der Waals surface area contributed by atoms with E-state index in [-0.39, 0.29) is 29.3 Å². The first kappa shape index (κ1) is 42.6. The molecule has 1 aromatic carbocycles. The molecule has 1 aromatic rings. The molecule has 0 bridgehead atoms. The summed E-state index contributed by atoms with van der Waals surface area (Å²) in [6.45, 7) is 13.5. The van der Waals surface area contributed by atoms with Crippen LogP contribution in [0.3, 0.4) is 0 Å². The smallest absolute Gasteiger partial charge is 0.217 e. The van der Waals surface area contributed by atoms with Crippen molar-refractivity contribution >= 4 is 5.91 Å². The Morgan fingerprint density at radius 1 is 0.909 bits per heavy atom. The Bertz CT molecular complexity index is 1550. The summed E-state index contributed by atoms with van der Waals surface area (Å²) >= 11 is 0. The van der Waals surface area contributed by atoms with Crippen molar-refractivity contribution in [2.75, 3.05) is 13.2 Å². The van der Waals surface area contributed by atoms with Gasteiger partial charge in [-0.25, -0.2) is 0 Å². The number of carbonyl (C=O) groups is 1. The van der Waals surface area contributed by atoms with E-state index < -0.39 is 80.7 Å². The Labute approximate surface area is 325 Å². The van der Waals surface area contributed by atoms with E-state index in [0.717, 1.165) is 38.5 Å². The summed E-state index contributed by atoms with van der Waals surface area (Å²) in [6, 6.07) is 1.46. The van der Waals surface area contributed by atoms with Crippen LogP contribution in [0.15, 0.2) is 17.7 Å². The number of nitrogens with one attached hydrogen (secondary N) is 1. The number of ether oxygens (including phenoxy) is 4. The second-order valence-corrected chi connectivity index (χ2v) is 17.6. The number of aliphatic hydroxyl groups excluding tert-OH is 7. The molecule has 0 radical (unpaired) electrons. The number of amides is 1. The van der Waals surface area contributed by atoms with Gasteiger partial charge in [-0.1, -0.05) is 45.4 Å². The zero-order valence-corrected chi connectivity index (χ0v) is 33.4. The first-order valence-electron chi connectivity index (χ1n) is 20.3. The van der Waals surface area contributed by atoms with Crippen molar-refractivity contribution in [2.24, 2.45) is 23.2 Å². The molecule has 16 atom stereocenters. The van der Waals surface area contributed by atoms with Gasteiger partial charge in [0.05, 0.1) is 25.4 Å². The highest BCUT2D eigenvalue weighted by Crippen LogP contribution is 2.61. The second-order valence-electron chi connectivity index (χ2n) is 17.6. The molecule has 1 saturated carbocycles. The van der Waals surface area contributed by atoms with Crippen LogP contribution in [0.2, 0.25) is 0 Å². The van der Waals surface area contributed by atoms with Crippen molar-refractivity contribution in [3.05, 3.63) is 45.5 Å². The normalized spacial score (nSPS) is 40.3. The summed E-state index contributed by atoms with van der Waals surface area (Å²) in [6.07, 6.45) is -3.69. The topological polar surface area (TPSA) is 208 Å². The van der Waals surface area contributed by atoms with Crippen LogP contribution < -0.4 is 5.32 Å². The van der Waals surface area contributed by atoms with Gasteiger partial charge in [-0.3, -0.25) is 4.79 Å². The van der Waals surface area contributed by atoms with Gasteiger partial charge in [-0.2, -0.15) is 0 Å². The number of hydrogen-bond acceptors (Lipinski definition) is 12. The Hall–Kier alpha value is -2.01. The zero-order chi connectivity index (χ0) is 40.1. The molecule has 6 rings (SSSR count). The monoisotopic (exact) mass is 775 g/mol. The fraction of sp³-hybridized carbons (Fsp3) is 0.786. The third-order valence-corrected chi connectivity index (χ3v) is 14.0. The molecule has 310 valence electrons. The van der Waals surface area contributed by atoms with E-state index in [2.05, 4.69) is 59.0 Å². The molecule has 0 aromatic heterocycles. The van der Waals surface area contributed by atoms with Gasteiger partial charge in [0.15, 0.2) is 12.6 Å². The van der Waals surface area contributed by atoms with Crippen LogP contribution in [-0.4, -0.2) is 128 Å². The molecule has 13 nitrogen and oxygen atoms in total. The lowest BCUT2D eigenvalue weighted by Crippen LogP contribution is -2.65. The lowest BCUT2D eigenvalue weighted by molar-refractivity contribution is -0.311. The van der Waals surface area contributed by atoms with E-state index in [9.17, 15) is 40.5 Å². The first-order valence-corrected chi connectivity index (χ1v) is 20.3. The van der Waals surface area contributed by atoms with E-state index in [0.29, 0.717) is 18.3 Å². The van der Waals surface area contributed by atoms with Crippen molar-refractivity contribution in [3.8, 4) is 0 Å². The van der Waals surface area contributed by atoms with Crippen LogP contribution in [-0.2, 0) is 43.0 Å². The van der Waals surface area contributed by atoms with E-state index in [1.165, 1.54) is 40.3 Å². The van der Waals surface area contributed by atoms with Crippen LogP contribution in [0.4, 0.5) is 0 Å². The van der Waals surface area contributed by atoms with Crippen LogP contribution in [0.1, 0.15) is 101 Å². The molecule has 55 heavy (non-hydrogen) atoms. The van der Waals surface area contributed by atoms with Crippen LogP contribution in [0.25, 0.3) is 0 Å². The van der Waals surface area contributed by atoms with Gasteiger partial charge in [-0.05, 0) is 116 Å². The quantitative estimate of drug-likeness (QED) is 0.151. The molecule has 13 heteroatoms. The van der Waals surface area contributed by atoms with Crippen LogP contribution in [0.5, 0.6) is 0 Å². The van der Waals surface area contributed by atoms with Gasteiger partial charge >= 0.3 is 0 Å². The fourth-order valence-corrected chi connectivity index (χ4v) is 10.3. The minimum atomic E-state index is -1.50. The SMILES string of the molecule is CC(=O)N[C@H]1[C@H](OC2CCc3cc4c(c(C)c3C2)CC[C@@]2(C)C4CC[C@@H]2/C(C)=C/C(O[C@@H]2O[C@H](CO)[C@@H](O)[C@H](O)[C@@H]2O)C(C)C(C)C)O[C@H](CO)[C@@H](O)[C@@H]1O. The van der Waals surface area contributed by atoms with Crippen LogP contribution in [0, 0.1) is 30.1 Å². The number of fused-ring (bicyclic) bond motifs is 4. The van der Waals surface area contributed by atoms with Gasteiger partial charge in [0.25, 0.3) is 0 Å². The molecule has 0 spiro atoms. The summed E-state index contributed by atoms with van der Waals surface area (Å²) < 4.78 is 24.5. The van der Waals surface area contributed by atoms with Crippen molar-refractivity contribution in [3.63, 3.8) is 0 Å². The first-order chi connectivity index (χ1) is 26.0. The number of rotatable bonds is 11. The van der Waals surface area contributed by atoms with Gasteiger partial charge in [-0.15, -0.1) is 0 Å². The fourth-order valence-electron chi connectivity index (χ4n) is 10.3. The largest absolute Gasteiger partial charge is 0.394 e. The molecule has 1 amide bonds. The maximum absolute atomic E-state index is 12.0. The average molecular weight is 776 g/mol. The molecule has 4 unspecified atom stereocenters. The van der Waals surface area contributed by atoms with E-state index >= 15 is 0 Å². The average Bonchev–Trinajstić information content (AvgIpc) is 3.51. The van der Waals surface area contributed by atoms with Gasteiger partial charge < -0.3 is 60.0 Å². The highest BCUT2D eigenvalue weighted by molar-refractivity contribution is 5.73. The molecule has 2 heterocycles. The highest BCUT2D eigenvalue weighted by Gasteiger charge is 2.52. The lowest BCUT2D eigenvalue weighted by Gasteiger charge is -2.45. The molecule has 2 saturated heterocycles. The third-order valence-electron chi connectivity index (χ3n) is 14.0. The van der Waals surface area contributed by atoms with Gasteiger partial charge in [0.1, 0.15) is 48.8 Å². The van der Waals surface area contributed by atoms with E-state index in [1.54, 1.807) is 0 Å². The predicted molar refractivity (Wildman–Crippen MR) is 202 cm³/mol. The predicted octanol–water partition coefficient (Wildman–Crippen LogP) is 1.68. The highest BCUT2D eigenvalue weighted by atomic mass is 16.7. The van der Waals surface area contributed by atoms with Crippen LogP contribution >= 0.6 is 0 Å². The number of hydrogen-bond donors (Lipinski definition) is 8. The number of aryl methyl sites for hydroxylation is 1. The minimum absolute atomic E-state index is 0.0228. The summed E-state index contributed by atoms with van der Waals surface area (Å²) in [5.41, 5.74) is 7.99. The Morgan fingerprint density at radius 3 is 2.20 bits per heavy atom. The van der Waals surface area contributed by atoms with Crippen molar-refractivity contribution in [1.29, 1.82) is 0 Å². The molecule has 2 aliphatic heterocycles. The third kappa shape index (κ3) is 8.18. The molecule has 3 aliphatic carbocycles. The summed E-state index contributed by atoms with van der Waals surface area (Å²) in [5.74, 6) is 0.606. The molecule has 8 N–H and O–H groups in total. The minimum Gasteiger partial charge on any atom is -0.394 e. The van der Waals surface area contributed by atoms with Crippen molar-refractivity contribution in [1.82, 2.24) is 5.32 Å². The second kappa shape index (κ2) is 17.1. The summed E-state index contributed by atoms with van der Waals surface area (Å²) in [7, 11) is 0. The molecule has 3 fully saturated rings. The van der Waals surface area contributed by atoms with Crippen molar-refractivity contribution < 1.29 is 59.5 Å². The number of aliphatic hydroxyl groups is 7. The Balaban J connectivity index is 1.20. The molecule has 5 aliphatic rings. The molecular formula is C42H65NO12. The standard InChI is InChI=1S/C42H65NO12/c1-19(2)21(4)31(53-41-39(51)38(50)36(48)33(18-45)55-41)14-20(3)29-10-11-30-28-15-24-8-9-25(16-27(24)22(5)26(28)12-13-42(29,30)7)52-40-34(43-23(6)46)37(49)35(47)32(17-44)54-40/h14-15,19,21,25,29-41,44-45,47-51H,8-13,16-18H2,1-7H3,(H,43,46)/b20-14+/t21?,25?,29-,30?,31?,32-,33-,34-,35-,36-,37-,38+,39+,40-,41-,42-/m1/s1. The van der Waals surface area contributed by atoms with Gasteiger partial charge in [0.2, 0.25) is 5.91 Å². The number of benzene rings is 1. The zero-order valence-electron chi connectivity index (χ0n) is 33.4. The van der Waals surface area contributed by atoms with Gasteiger partial charge in [0, 0.05) is 6.92 Å². The van der Waals surface area contributed by atoms with E-state index in [4.69, 9.17) is 18.9 Å². The van der Waals surface area contributed by atoms with Crippen molar-refractivity contribution in [2.45, 2.75) is 173 Å². The lowest BCUT2D eigenvalue weighted by atomic mass is 9.60. The summed E-state index contributed by atoms with van der Waals surface area (Å²) in [5, 5.41) is 75.0. The maximum atomic E-state index is 12.0. The molecular weight excluding hydrogens is 710 g/mol. The Kier molecular flexibility index (Phi) is 13.2. The van der Waals surface area contributed by atoms with E-state index in [1.807, 2.05) is 0 Å².